The summed E-state index contributed by atoms with van der Waals surface area (Å²) in [7, 11) is 0. The van der Waals surface area contributed by atoms with E-state index >= 15 is 0 Å². The van der Waals surface area contributed by atoms with Crippen LogP contribution < -0.4 is 0 Å². The molecule has 0 aromatic heterocycles. The normalized spacial score (nSPS) is 12.5. The van der Waals surface area contributed by atoms with Gasteiger partial charge in [-0.05, 0) is 103 Å². The first-order chi connectivity index (χ1) is 36.5. The third-order valence-corrected chi connectivity index (χ3v) is 13.9. The second-order valence-electron chi connectivity index (χ2n) is 21.3. The van der Waals surface area contributed by atoms with E-state index in [1.807, 2.05) is 0 Å². The number of carbonyl (C=O) groups excluding carboxylic acids is 3. The van der Waals surface area contributed by atoms with Crippen LogP contribution in [0.15, 0.2) is 72.9 Å². The Hall–Kier alpha value is -3.15. The van der Waals surface area contributed by atoms with Gasteiger partial charge in [0.25, 0.3) is 0 Å². The predicted molar refractivity (Wildman–Crippen MR) is 321 cm³/mol. The lowest BCUT2D eigenvalue weighted by Crippen LogP contribution is -2.30. The average Bonchev–Trinajstić information content (AvgIpc) is 3.40. The van der Waals surface area contributed by atoms with Crippen LogP contribution in [0.4, 0.5) is 0 Å². The van der Waals surface area contributed by atoms with Crippen molar-refractivity contribution in [2.75, 3.05) is 13.2 Å². The van der Waals surface area contributed by atoms with Crippen LogP contribution in [0, 0.1) is 0 Å². The molecule has 0 rings (SSSR count). The minimum atomic E-state index is -0.781. The highest BCUT2D eigenvalue weighted by atomic mass is 16.6. The van der Waals surface area contributed by atoms with Crippen LogP contribution in [0.2, 0.25) is 0 Å². The number of ether oxygens (including phenoxy) is 3. The molecule has 0 aromatic rings. The first-order valence-corrected chi connectivity index (χ1v) is 31.9. The van der Waals surface area contributed by atoms with Crippen LogP contribution in [-0.2, 0) is 28.6 Å². The molecule has 0 saturated heterocycles. The van der Waals surface area contributed by atoms with E-state index in [1.54, 1.807) is 0 Å². The lowest BCUT2D eigenvalue weighted by molar-refractivity contribution is -0.167. The molecule has 74 heavy (non-hydrogen) atoms. The number of hydrogen-bond acceptors (Lipinski definition) is 6. The fraction of sp³-hybridized carbons (Fsp3) is 0.779. The van der Waals surface area contributed by atoms with E-state index in [-0.39, 0.29) is 31.1 Å². The van der Waals surface area contributed by atoms with Gasteiger partial charge in [-0.15, -0.1) is 0 Å². The van der Waals surface area contributed by atoms with Crippen molar-refractivity contribution in [2.24, 2.45) is 0 Å². The Morgan fingerprint density at radius 1 is 0.284 bits per heavy atom. The van der Waals surface area contributed by atoms with Crippen molar-refractivity contribution in [3.63, 3.8) is 0 Å². The Morgan fingerprint density at radius 3 is 0.892 bits per heavy atom. The minimum Gasteiger partial charge on any atom is -0.462 e. The maximum atomic E-state index is 12.9. The van der Waals surface area contributed by atoms with E-state index in [4.69, 9.17) is 14.2 Å². The smallest absolute Gasteiger partial charge is 0.306 e. The van der Waals surface area contributed by atoms with Gasteiger partial charge in [0.15, 0.2) is 6.10 Å². The molecule has 428 valence electrons. The number of esters is 3. The van der Waals surface area contributed by atoms with E-state index in [9.17, 15) is 14.4 Å². The van der Waals surface area contributed by atoms with Crippen molar-refractivity contribution in [3.8, 4) is 0 Å². The van der Waals surface area contributed by atoms with Gasteiger partial charge in [0.1, 0.15) is 13.2 Å². The minimum absolute atomic E-state index is 0.0789. The summed E-state index contributed by atoms with van der Waals surface area (Å²) in [5.74, 6) is -0.881. The summed E-state index contributed by atoms with van der Waals surface area (Å²) in [4.78, 5) is 38.2. The SMILES string of the molecule is CC/C=C\C/C=C\C/C=C\C/C=C\CCCCCCCCCCCCC(=O)OCC(COC(=O)CCCCCCC/C=C\CCC)OC(=O)CCCCCCCCCCCCC/C=C\CCCCCCCCCC. The van der Waals surface area contributed by atoms with Gasteiger partial charge >= 0.3 is 17.9 Å². The van der Waals surface area contributed by atoms with Crippen molar-refractivity contribution < 1.29 is 28.6 Å². The van der Waals surface area contributed by atoms with Crippen LogP contribution in [0.25, 0.3) is 0 Å². The first kappa shape index (κ1) is 70.8. The van der Waals surface area contributed by atoms with Gasteiger partial charge in [-0.25, -0.2) is 0 Å². The molecule has 0 N–H and O–H groups in total. The molecule has 0 aliphatic carbocycles. The van der Waals surface area contributed by atoms with Gasteiger partial charge in [-0.1, -0.05) is 273 Å². The Kier molecular flexibility index (Phi) is 59.7. The van der Waals surface area contributed by atoms with Gasteiger partial charge < -0.3 is 14.2 Å². The summed E-state index contributed by atoms with van der Waals surface area (Å²) < 4.78 is 16.9. The number of carbonyl (C=O) groups is 3. The van der Waals surface area contributed by atoms with E-state index < -0.39 is 6.10 Å². The number of rotatable bonds is 58. The molecule has 0 aromatic carbocycles. The van der Waals surface area contributed by atoms with Crippen LogP contribution in [0.1, 0.15) is 323 Å². The lowest BCUT2D eigenvalue weighted by Gasteiger charge is -2.18. The van der Waals surface area contributed by atoms with Gasteiger partial charge in [-0.3, -0.25) is 14.4 Å². The third kappa shape index (κ3) is 59.7. The number of unbranched alkanes of at least 4 members (excludes halogenated alkanes) is 35. The highest BCUT2D eigenvalue weighted by Gasteiger charge is 2.19. The molecule has 1 unspecified atom stereocenters. The molecule has 0 aliphatic rings. The summed E-state index contributed by atoms with van der Waals surface area (Å²) >= 11 is 0. The van der Waals surface area contributed by atoms with Crippen LogP contribution in [0.3, 0.4) is 0 Å². The molecule has 0 heterocycles. The zero-order chi connectivity index (χ0) is 53.6. The molecule has 0 aliphatic heterocycles. The largest absolute Gasteiger partial charge is 0.462 e. The zero-order valence-electron chi connectivity index (χ0n) is 49.1. The van der Waals surface area contributed by atoms with E-state index in [1.165, 1.54) is 186 Å². The predicted octanol–water partition coefficient (Wildman–Crippen LogP) is 21.7. The topological polar surface area (TPSA) is 78.9 Å². The second-order valence-corrected chi connectivity index (χ2v) is 21.3. The second kappa shape index (κ2) is 62.4. The molecule has 0 amide bonds. The fourth-order valence-corrected chi connectivity index (χ4v) is 9.14. The Balaban J connectivity index is 4.24. The summed E-state index contributed by atoms with van der Waals surface area (Å²) in [5.41, 5.74) is 0. The summed E-state index contributed by atoms with van der Waals surface area (Å²) in [6.45, 7) is 6.49. The summed E-state index contributed by atoms with van der Waals surface area (Å²) in [6, 6.07) is 0. The van der Waals surface area contributed by atoms with Crippen molar-refractivity contribution in [1.82, 2.24) is 0 Å². The van der Waals surface area contributed by atoms with Gasteiger partial charge in [-0.2, -0.15) is 0 Å². The molecule has 0 fully saturated rings. The molecule has 6 nitrogen and oxygen atoms in total. The maximum Gasteiger partial charge on any atom is 0.306 e. The molecular weight excluding hydrogens is 913 g/mol. The molecule has 0 saturated carbocycles. The molecular formula is C68H120O6. The van der Waals surface area contributed by atoms with Gasteiger partial charge in [0, 0.05) is 19.3 Å². The molecule has 0 radical (unpaired) electrons. The highest BCUT2D eigenvalue weighted by Crippen LogP contribution is 2.17. The highest BCUT2D eigenvalue weighted by molar-refractivity contribution is 5.71. The summed E-state index contributed by atoms with van der Waals surface area (Å²) in [6.07, 6.45) is 80.6. The zero-order valence-corrected chi connectivity index (χ0v) is 49.1. The quantitative estimate of drug-likeness (QED) is 0.0261. The van der Waals surface area contributed by atoms with Crippen LogP contribution in [-0.4, -0.2) is 37.2 Å². The van der Waals surface area contributed by atoms with Gasteiger partial charge in [0.2, 0.25) is 0 Å². The van der Waals surface area contributed by atoms with E-state index in [0.29, 0.717) is 19.3 Å². The van der Waals surface area contributed by atoms with Crippen LogP contribution >= 0.6 is 0 Å². The van der Waals surface area contributed by atoms with Crippen molar-refractivity contribution in [1.29, 1.82) is 0 Å². The monoisotopic (exact) mass is 1030 g/mol. The summed E-state index contributed by atoms with van der Waals surface area (Å²) in [5, 5.41) is 0. The molecule has 0 spiro atoms. The average molecular weight is 1030 g/mol. The lowest BCUT2D eigenvalue weighted by atomic mass is 10.0. The standard InChI is InChI=1S/C68H120O6/c1-4-7-10-13-16-19-22-24-26-28-30-32-34-36-38-40-42-44-46-49-52-55-58-61-67(70)73-64-65(63-72-66(69)60-57-54-51-48-21-18-15-12-9-6-3)74-68(71)62-59-56-53-50-47-45-43-41-39-37-35-33-31-29-27-25-23-20-17-14-11-8-5-2/h7,10,12,15-16,19,24,26,29-32,65H,4-6,8-9,11,13-14,17-18,20-23,25,27-28,33-64H2,1-3H3/b10-7-,15-12-,19-16-,26-24-,31-29-,32-30-. The fourth-order valence-electron chi connectivity index (χ4n) is 9.14. The van der Waals surface area contributed by atoms with E-state index in [2.05, 4.69) is 93.7 Å². The Bertz CT molecular complexity index is 1370. The van der Waals surface area contributed by atoms with Gasteiger partial charge in [0.05, 0.1) is 0 Å². The van der Waals surface area contributed by atoms with Crippen molar-refractivity contribution >= 4 is 17.9 Å². The maximum absolute atomic E-state index is 12.9. The molecule has 1 atom stereocenters. The van der Waals surface area contributed by atoms with Crippen molar-refractivity contribution in [3.05, 3.63) is 72.9 Å². The first-order valence-electron chi connectivity index (χ1n) is 31.9. The number of allylic oxidation sites excluding steroid dienone is 12. The van der Waals surface area contributed by atoms with Crippen LogP contribution in [0.5, 0.6) is 0 Å². The Morgan fingerprint density at radius 2 is 0.554 bits per heavy atom. The molecule has 6 heteroatoms. The third-order valence-electron chi connectivity index (χ3n) is 13.9. The number of hydrogen-bond donors (Lipinski definition) is 0. The van der Waals surface area contributed by atoms with E-state index in [0.717, 1.165) is 96.3 Å². The Labute approximate surface area is 459 Å². The molecule has 0 bridgehead atoms. The van der Waals surface area contributed by atoms with Crippen molar-refractivity contribution in [2.45, 2.75) is 329 Å².